The van der Waals surface area contributed by atoms with Crippen molar-refractivity contribution < 1.29 is 28.6 Å². The molecule has 0 saturated heterocycles. The molecule has 1 heterocycles. The van der Waals surface area contributed by atoms with Crippen molar-refractivity contribution in [3.8, 4) is 0 Å². The first-order valence-electron chi connectivity index (χ1n) is 15.6. The van der Waals surface area contributed by atoms with Gasteiger partial charge in [0.1, 0.15) is 6.10 Å². The van der Waals surface area contributed by atoms with E-state index in [2.05, 4.69) is 31.4 Å². The van der Waals surface area contributed by atoms with E-state index in [4.69, 9.17) is 14.2 Å². The maximum absolute atomic E-state index is 14.5. The molecule has 234 valence electrons. The molecule has 3 amide bonds. The van der Waals surface area contributed by atoms with Crippen LogP contribution in [0, 0.1) is 24.7 Å². The van der Waals surface area contributed by atoms with Crippen LogP contribution in [0.2, 0.25) is 0 Å². The van der Waals surface area contributed by atoms with Gasteiger partial charge in [-0.2, -0.15) is 0 Å². The minimum absolute atomic E-state index is 0.102. The second-order valence-corrected chi connectivity index (χ2v) is 12.2. The number of hydrogen-bond donors (Lipinski definition) is 2. The van der Waals surface area contributed by atoms with Gasteiger partial charge in [-0.1, -0.05) is 63.1 Å². The van der Waals surface area contributed by atoms with Crippen LogP contribution in [-0.4, -0.2) is 50.1 Å². The largest absolute Gasteiger partial charge is 0.462 e. The number of anilines is 2. The summed E-state index contributed by atoms with van der Waals surface area (Å²) < 4.78 is 17.7. The van der Waals surface area contributed by atoms with Crippen molar-refractivity contribution >= 4 is 29.3 Å². The number of benzene rings is 2. The van der Waals surface area contributed by atoms with E-state index in [0.717, 1.165) is 24.8 Å². The Hall–Kier alpha value is -3.43. The van der Waals surface area contributed by atoms with Crippen molar-refractivity contribution in [2.75, 3.05) is 30.0 Å². The van der Waals surface area contributed by atoms with Crippen LogP contribution in [0.5, 0.6) is 0 Å². The van der Waals surface area contributed by atoms with Gasteiger partial charge >= 0.3 is 12.0 Å². The Morgan fingerprint density at radius 3 is 2.35 bits per heavy atom. The zero-order chi connectivity index (χ0) is 31.1. The minimum atomic E-state index is -1.68. The molecule has 0 aromatic heterocycles. The summed E-state index contributed by atoms with van der Waals surface area (Å²) in [6, 6.07) is 14.0. The molecular weight excluding hydrogens is 546 g/mol. The molecule has 43 heavy (non-hydrogen) atoms. The van der Waals surface area contributed by atoms with Crippen molar-refractivity contribution in [1.29, 1.82) is 0 Å². The molecule has 2 aromatic carbocycles. The normalized spacial score (nSPS) is 23.4. The van der Waals surface area contributed by atoms with E-state index in [1.807, 2.05) is 45.0 Å². The number of esters is 1. The van der Waals surface area contributed by atoms with Crippen LogP contribution in [0.25, 0.3) is 0 Å². The van der Waals surface area contributed by atoms with Crippen molar-refractivity contribution in [3.05, 3.63) is 59.7 Å². The lowest BCUT2D eigenvalue weighted by atomic mass is 9.75. The molecule has 0 spiro atoms. The Labute approximate surface area is 255 Å². The van der Waals surface area contributed by atoms with Crippen molar-refractivity contribution in [2.24, 2.45) is 17.8 Å². The molecule has 0 bridgehead atoms. The molecule has 9 heteroatoms. The molecule has 4 atom stereocenters. The van der Waals surface area contributed by atoms with Gasteiger partial charge in [0.25, 0.3) is 5.91 Å². The van der Waals surface area contributed by atoms with Crippen LogP contribution in [-0.2, 0) is 29.3 Å². The van der Waals surface area contributed by atoms with Crippen molar-refractivity contribution in [2.45, 2.75) is 85.2 Å². The van der Waals surface area contributed by atoms with Gasteiger partial charge in [-0.15, -0.1) is 0 Å². The number of hydrogen-bond acceptors (Lipinski definition) is 6. The van der Waals surface area contributed by atoms with E-state index in [9.17, 15) is 14.4 Å². The van der Waals surface area contributed by atoms with Crippen LogP contribution in [0.4, 0.5) is 16.2 Å². The average molecular weight is 594 g/mol. The Morgan fingerprint density at radius 2 is 1.70 bits per heavy atom. The number of nitrogens with zero attached hydrogens (tertiary/aromatic N) is 1. The zero-order valence-electron chi connectivity index (χ0n) is 26.4. The summed E-state index contributed by atoms with van der Waals surface area (Å²) in [4.78, 5) is 43.3. The van der Waals surface area contributed by atoms with Gasteiger partial charge in [0, 0.05) is 24.5 Å². The molecule has 2 N–H and O–H groups in total. The van der Waals surface area contributed by atoms with Gasteiger partial charge in [-0.05, 0) is 69.6 Å². The van der Waals surface area contributed by atoms with Crippen LogP contribution in [0.3, 0.4) is 0 Å². The monoisotopic (exact) mass is 593 g/mol. The number of aryl methyl sites for hydroxylation is 1. The summed E-state index contributed by atoms with van der Waals surface area (Å²) in [6.45, 7) is 13.1. The topological polar surface area (TPSA) is 106 Å². The second kappa shape index (κ2) is 14.4. The summed E-state index contributed by atoms with van der Waals surface area (Å²) in [5, 5.41) is 5.74. The molecule has 4 unspecified atom stereocenters. The summed E-state index contributed by atoms with van der Waals surface area (Å²) in [7, 11) is 0. The van der Waals surface area contributed by atoms with Crippen LogP contribution in [0.1, 0.15) is 71.4 Å². The molecule has 1 fully saturated rings. The molecular formula is C34H47N3O6. The third-order valence-electron chi connectivity index (χ3n) is 8.59. The molecule has 2 aliphatic rings. The van der Waals surface area contributed by atoms with Crippen LogP contribution < -0.4 is 15.5 Å². The van der Waals surface area contributed by atoms with E-state index in [1.165, 1.54) is 0 Å². The van der Waals surface area contributed by atoms with E-state index in [1.54, 1.807) is 29.2 Å². The van der Waals surface area contributed by atoms with Crippen LogP contribution >= 0.6 is 0 Å². The fourth-order valence-corrected chi connectivity index (χ4v) is 6.39. The third kappa shape index (κ3) is 7.57. The van der Waals surface area contributed by atoms with E-state index >= 15 is 0 Å². The third-order valence-corrected chi connectivity index (χ3v) is 8.59. The zero-order valence-corrected chi connectivity index (χ0v) is 26.4. The minimum Gasteiger partial charge on any atom is -0.462 e. The van der Waals surface area contributed by atoms with Gasteiger partial charge in [0.05, 0.1) is 18.7 Å². The van der Waals surface area contributed by atoms with Crippen LogP contribution in [0.15, 0.2) is 48.5 Å². The first kappa shape index (κ1) is 32.5. The Balaban J connectivity index is 1.68. The van der Waals surface area contributed by atoms with Gasteiger partial charge in [0.15, 0.2) is 11.8 Å². The lowest BCUT2D eigenvalue weighted by Crippen LogP contribution is -2.56. The smallest absolute Gasteiger partial charge is 0.320 e. The van der Waals surface area contributed by atoms with Gasteiger partial charge in [-0.25, -0.2) is 4.79 Å². The number of para-hydroxylation sites is 1. The summed E-state index contributed by atoms with van der Waals surface area (Å²) in [5.74, 6) is 0.0906. The SMILES string of the molecule is CCOC(CN1C(=O)C(CC(=O)OC2CC(C)CCC2C(C)C)(NC(=O)Nc2ccc(C)cc2)c2ccccc21)OCC. The number of fused-ring (bicyclic) bond motifs is 1. The highest BCUT2D eigenvalue weighted by Gasteiger charge is 2.54. The Morgan fingerprint density at radius 1 is 1.02 bits per heavy atom. The molecule has 4 rings (SSSR count). The number of nitrogens with one attached hydrogen (secondary N) is 2. The fraction of sp³-hybridized carbons (Fsp3) is 0.559. The van der Waals surface area contributed by atoms with Gasteiger partial charge in [-0.3, -0.25) is 9.59 Å². The number of ether oxygens (including phenoxy) is 3. The predicted octanol–water partition coefficient (Wildman–Crippen LogP) is 6.15. The highest BCUT2D eigenvalue weighted by atomic mass is 16.7. The van der Waals surface area contributed by atoms with E-state index in [-0.39, 0.29) is 25.0 Å². The second-order valence-electron chi connectivity index (χ2n) is 12.2. The number of rotatable bonds is 12. The number of carbonyl (C=O) groups excluding carboxylic acids is 3. The standard InChI is InChI=1S/C34H47N3O6/c1-7-41-31(42-8-2)21-37-28-12-10-9-11-27(28)34(32(37)39,36-33(40)35-25-16-13-23(5)14-17-25)20-30(38)43-29-19-24(6)15-18-26(29)22(3)4/h9-14,16-17,22,24,26,29,31H,7-8,15,18-21H2,1-6H3,(H2,35,36,40). The summed E-state index contributed by atoms with van der Waals surface area (Å²) >= 11 is 0. The first-order valence-corrected chi connectivity index (χ1v) is 15.6. The first-order chi connectivity index (χ1) is 20.6. The molecule has 1 aliphatic heterocycles. The molecule has 1 aliphatic carbocycles. The molecule has 2 aromatic rings. The highest BCUT2D eigenvalue weighted by molar-refractivity contribution is 6.11. The summed E-state index contributed by atoms with van der Waals surface area (Å²) in [6.07, 6.45) is 1.62. The Kier molecular flexibility index (Phi) is 10.8. The number of amides is 3. The van der Waals surface area contributed by atoms with Crippen molar-refractivity contribution in [1.82, 2.24) is 5.32 Å². The maximum Gasteiger partial charge on any atom is 0.320 e. The highest BCUT2D eigenvalue weighted by Crippen LogP contribution is 2.44. The molecule has 0 radical (unpaired) electrons. The lowest BCUT2D eigenvalue weighted by molar-refractivity contribution is -0.159. The van der Waals surface area contributed by atoms with E-state index < -0.39 is 29.7 Å². The van der Waals surface area contributed by atoms with Crippen molar-refractivity contribution in [3.63, 3.8) is 0 Å². The Bertz CT molecular complexity index is 1260. The number of urea groups is 1. The maximum atomic E-state index is 14.5. The van der Waals surface area contributed by atoms with Gasteiger partial charge in [0.2, 0.25) is 0 Å². The lowest BCUT2D eigenvalue weighted by Gasteiger charge is -2.37. The quantitative estimate of drug-likeness (QED) is 0.226. The van der Waals surface area contributed by atoms with E-state index in [0.29, 0.717) is 42.0 Å². The average Bonchev–Trinajstić information content (AvgIpc) is 3.17. The number of carbonyl (C=O) groups is 3. The van der Waals surface area contributed by atoms with Gasteiger partial charge < -0.3 is 29.7 Å². The molecule has 1 saturated carbocycles. The predicted molar refractivity (Wildman–Crippen MR) is 167 cm³/mol. The fourth-order valence-electron chi connectivity index (χ4n) is 6.39. The molecule has 9 nitrogen and oxygen atoms in total. The summed E-state index contributed by atoms with van der Waals surface area (Å²) in [5.41, 5.74) is 1.06.